The van der Waals surface area contributed by atoms with E-state index in [1.807, 2.05) is 0 Å². The monoisotopic (exact) mass is 1290 g/mol. The molecule has 5 fully saturated rings. The van der Waals surface area contributed by atoms with Crippen LogP contribution in [0.25, 0.3) is 0 Å². The average Bonchev–Trinajstić information content (AvgIpc) is 1.82. The lowest BCUT2D eigenvalue weighted by Crippen LogP contribution is -2.54. The Bertz CT molecular complexity index is 3490. The first-order chi connectivity index (χ1) is 46.0. The molecule has 3 aliphatic heterocycles. The van der Waals surface area contributed by atoms with Gasteiger partial charge in [0.25, 0.3) is 65.0 Å². The first kappa shape index (κ1) is 64.9. The predicted molar refractivity (Wildman–Crippen MR) is 350 cm³/mol. The van der Waals surface area contributed by atoms with E-state index in [4.69, 9.17) is 4.74 Å². The van der Waals surface area contributed by atoms with E-state index in [-0.39, 0.29) is 80.9 Å². The number of nitrogens with one attached hydrogen (secondary N) is 10. The molecule has 0 spiro atoms. The number of carbonyl (C=O) groups excluding carboxylic acids is 11. The van der Waals surface area contributed by atoms with Crippen molar-refractivity contribution in [2.45, 2.75) is 163 Å². The second-order valence-corrected chi connectivity index (χ2v) is 26.0. The van der Waals surface area contributed by atoms with Crippen LogP contribution in [0.4, 0.5) is 0 Å². The largest absolute Gasteiger partial charge is 0.490 e. The van der Waals surface area contributed by atoms with E-state index in [0.717, 1.165) is 51.4 Å². The average molecular weight is 1290 g/mol. The highest BCUT2D eigenvalue weighted by Gasteiger charge is 2.40. The molecule has 95 heavy (non-hydrogen) atoms. The number of nitrogens with zero attached hydrogens (tertiary/aromatic N) is 1. The zero-order valence-corrected chi connectivity index (χ0v) is 52.7. The Morgan fingerprint density at radius 3 is 0.916 bits per heavy atom. The van der Waals surface area contributed by atoms with Gasteiger partial charge in [-0.25, -0.2) is 0 Å². The van der Waals surface area contributed by atoms with Gasteiger partial charge in [0, 0.05) is 123 Å². The van der Waals surface area contributed by atoms with Crippen molar-refractivity contribution in [2.24, 2.45) is 0 Å². The fourth-order valence-corrected chi connectivity index (χ4v) is 14.4. The van der Waals surface area contributed by atoms with Crippen LogP contribution in [-0.2, 0) is 0 Å². The number of rotatable bonds is 8. The summed E-state index contributed by atoms with van der Waals surface area (Å²) in [6, 6.07) is 21.2. The zero-order valence-electron chi connectivity index (χ0n) is 52.7. The second kappa shape index (κ2) is 29.0. The first-order valence-electron chi connectivity index (χ1n) is 33.2. The van der Waals surface area contributed by atoms with E-state index in [9.17, 15) is 43.2 Å². The molecule has 5 aromatic carbocycles. The highest BCUT2D eigenvalue weighted by atomic mass is 16.5. The van der Waals surface area contributed by atoms with E-state index in [2.05, 4.69) is 59.7 Å². The van der Waals surface area contributed by atoms with Crippen LogP contribution in [0.15, 0.2) is 122 Å². The lowest BCUT2D eigenvalue weighted by molar-refractivity contribution is 0.0777. The first-order valence-corrected chi connectivity index (χ1v) is 33.2. The quantitative estimate of drug-likeness (QED) is 0.0823. The van der Waals surface area contributed by atoms with E-state index in [1.54, 1.807) is 66.7 Å². The SMILES string of the molecule is C=CCOc1ccc(C(=O)N2C[C@@H](NC(=O)c3cc4cc(c3)C(=O)N[C@@H]3CCCC[C@H]3NC(=O)c3cccc(c3)C(=O)N[C@@H]3CCCC[C@H]3NC4=O)[C@H](NC(=O)c3cc4cc(c3)C(=O)N[C@@H]3CCCC[C@H]3NC(=O)c3cccc(c3)C(=O)N[C@@H]3CCCC[C@H]3NC4=O)C2)cc1. The van der Waals surface area contributed by atoms with Crippen molar-refractivity contribution in [3.05, 3.63) is 183 Å². The van der Waals surface area contributed by atoms with Gasteiger partial charge in [0.15, 0.2) is 0 Å². The van der Waals surface area contributed by atoms with Gasteiger partial charge in [0.1, 0.15) is 12.4 Å². The van der Waals surface area contributed by atoms with Crippen LogP contribution in [0, 0.1) is 0 Å². The molecule has 10 atom stereocenters. The van der Waals surface area contributed by atoms with Gasteiger partial charge in [-0.15, -0.1) is 0 Å². The molecule has 4 aliphatic carbocycles. The van der Waals surface area contributed by atoms with Crippen molar-refractivity contribution < 1.29 is 57.5 Å². The van der Waals surface area contributed by atoms with Gasteiger partial charge in [-0.3, -0.25) is 52.7 Å². The van der Waals surface area contributed by atoms with Gasteiger partial charge in [-0.2, -0.15) is 0 Å². The van der Waals surface area contributed by atoms with Gasteiger partial charge in [-0.1, -0.05) is 76.2 Å². The molecule has 7 aliphatic rings. The summed E-state index contributed by atoms with van der Waals surface area (Å²) in [5.74, 6) is -5.58. The van der Waals surface area contributed by atoms with Gasteiger partial charge >= 0.3 is 0 Å². The van der Waals surface area contributed by atoms with Crippen molar-refractivity contribution in [3.63, 3.8) is 0 Å². The van der Waals surface area contributed by atoms with Crippen molar-refractivity contribution in [2.75, 3.05) is 19.7 Å². The topological polar surface area (TPSA) is 321 Å². The number of amides is 11. The normalized spacial score (nSPS) is 25.7. The Morgan fingerprint density at radius 2 is 0.642 bits per heavy atom. The molecule has 3 heterocycles. The maximum Gasteiger partial charge on any atom is 0.254 e. The fraction of sp³-hybridized carbons (Fsp3) is 0.403. The molecule has 12 rings (SSSR count). The number of hydrogen-bond donors (Lipinski definition) is 10. The molecular weight excluding hydrogens is 1210 g/mol. The van der Waals surface area contributed by atoms with E-state index in [1.165, 1.54) is 53.4 Å². The van der Waals surface area contributed by atoms with E-state index >= 15 is 9.59 Å². The van der Waals surface area contributed by atoms with Crippen LogP contribution in [0.5, 0.6) is 5.75 Å². The van der Waals surface area contributed by atoms with Crippen molar-refractivity contribution in [1.82, 2.24) is 58.1 Å². The number of ether oxygens (including phenoxy) is 1. The minimum Gasteiger partial charge on any atom is -0.490 e. The number of carbonyl (C=O) groups is 11. The van der Waals surface area contributed by atoms with Crippen molar-refractivity contribution in [3.8, 4) is 5.75 Å². The molecule has 23 nitrogen and oxygen atoms in total. The molecule has 8 bridgehead atoms. The Kier molecular flexibility index (Phi) is 19.8. The van der Waals surface area contributed by atoms with Gasteiger partial charge < -0.3 is 62.8 Å². The standard InChI is InChI=1S/C72H79N11O12/c1-2-29-95-51-27-25-40(26-28-51)72(94)83-38-60(81-70(92)49-34-45-32-46(35-49)67(89)78-57-22-8-4-18-53(57)74-63(85)42-14-11-13-41(30-42)62(84)73-52-17-3-7-21-56(52)77-66(45)88)61(39-83)82-71(93)50-36-47-33-48(37-50)69(91)80-59-24-10-6-20-55(59)76-65(87)44-16-12-15-43(31-44)64(86)75-54-19-5-9-23-58(54)79-68(47)90/h2,11-16,25-28,30-37,52-61H,1,3-10,17-24,29,38-39H2,(H,73,84)(H,74,85)(H,75,86)(H,76,87)(H,77,88)(H,78,89)(H,79,90)(H,80,91)(H,81,92)(H,82,93)/t52-,53-,54-,55-,56-,57-,58-,59-,60-,61-/m1/s1. The summed E-state index contributed by atoms with van der Waals surface area (Å²) < 4.78 is 5.67. The Balaban J connectivity index is 0.860. The van der Waals surface area contributed by atoms with Crippen LogP contribution < -0.4 is 57.9 Å². The minimum atomic E-state index is -1.05. The molecule has 23 heteroatoms. The van der Waals surface area contributed by atoms with Gasteiger partial charge in [0.2, 0.25) is 0 Å². The molecule has 0 radical (unpaired) electrons. The maximum absolute atomic E-state index is 15.1. The van der Waals surface area contributed by atoms with E-state index < -0.39 is 125 Å². The van der Waals surface area contributed by atoms with Crippen LogP contribution in [-0.4, -0.2) is 150 Å². The zero-order chi connectivity index (χ0) is 66.3. The van der Waals surface area contributed by atoms with Gasteiger partial charge in [-0.05, 0) is 148 Å². The summed E-state index contributed by atoms with van der Waals surface area (Å²) in [5.41, 5.74) is 1.00. The highest BCUT2D eigenvalue weighted by Crippen LogP contribution is 2.28. The summed E-state index contributed by atoms with van der Waals surface area (Å²) in [6.45, 7) is 3.63. The maximum atomic E-state index is 15.1. The van der Waals surface area contributed by atoms with Gasteiger partial charge in [0.05, 0.1) is 12.1 Å². The van der Waals surface area contributed by atoms with Crippen LogP contribution in [0.3, 0.4) is 0 Å². The molecule has 10 N–H and O–H groups in total. The third-order valence-electron chi connectivity index (χ3n) is 19.5. The summed E-state index contributed by atoms with van der Waals surface area (Å²) in [5, 5.41) is 30.6. The predicted octanol–water partition coefficient (Wildman–Crippen LogP) is 5.82. The minimum absolute atomic E-state index is 0.0326. The highest BCUT2D eigenvalue weighted by molar-refractivity contribution is 6.07. The van der Waals surface area contributed by atoms with Crippen molar-refractivity contribution >= 4 is 65.0 Å². The lowest BCUT2D eigenvalue weighted by atomic mass is 9.89. The molecule has 0 unspecified atom stereocenters. The summed E-state index contributed by atoms with van der Waals surface area (Å²) in [4.78, 5) is 160. The number of likely N-dealkylation sites (tertiary alicyclic amines) is 1. The summed E-state index contributed by atoms with van der Waals surface area (Å²) in [6.07, 6.45) is 11.9. The van der Waals surface area contributed by atoms with Crippen LogP contribution in [0.2, 0.25) is 0 Å². The Labute approximate surface area is 549 Å². The van der Waals surface area contributed by atoms with Crippen molar-refractivity contribution in [1.29, 1.82) is 0 Å². The fourth-order valence-electron chi connectivity index (χ4n) is 14.4. The molecule has 494 valence electrons. The van der Waals surface area contributed by atoms with E-state index in [0.29, 0.717) is 57.1 Å². The smallest absolute Gasteiger partial charge is 0.254 e. The Morgan fingerprint density at radius 1 is 0.379 bits per heavy atom. The molecule has 0 aromatic heterocycles. The third-order valence-corrected chi connectivity index (χ3v) is 19.5. The molecular formula is C72H79N11O12. The molecule has 1 saturated heterocycles. The summed E-state index contributed by atoms with van der Waals surface area (Å²) >= 11 is 0. The van der Waals surface area contributed by atoms with Crippen LogP contribution >= 0.6 is 0 Å². The second-order valence-electron chi connectivity index (χ2n) is 26.0. The lowest BCUT2D eigenvalue weighted by Gasteiger charge is -2.33. The third kappa shape index (κ3) is 15.2. The molecule has 11 amide bonds. The molecule has 5 aromatic rings. The summed E-state index contributed by atoms with van der Waals surface area (Å²) in [7, 11) is 0. The number of hydrogen-bond acceptors (Lipinski definition) is 12. The number of fused-ring (bicyclic) bond motifs is 12. The number of benzene rings is 5. The van der Waals surface area contributed by atoms with Crippen LogP contribution in [0.1, 0.15) is 217 Å². The molecule has 4 saturated carbocycles. The Hall–Kier alpha value is -10.2.